The molecule has 6 heteroatoms. The van der Waals surface area contributed by atoms with Crippen molar-refractivity contribution in [2.24, 2.45) is 0 Å². The van der Waals surface area contributed by atoms with Crippen molar-refractivity contribution in [2.75, 3.05) is 0 Å². The summed E-state index contributed by atoms with van der Waals surface area (Å²) in [4.78, 5) is 9.07. The summed E-state index contributed by atoms with van der Waals surface area (Å²) in [5.41, 5.74) is 20.9. The fourth-order valence-electron chi connectivity index (χ4n) is 9.58. The molecular weight excluding hydrogens is 1060 g/mol. The van der Waals surface area contributed by atoms with Gasteiger partial charge in [0.2, 0.25) is 5.71 Å². The number of furan rings is 1. The maximum Gasteiger partial charge on any atom is 3.00 e. The molecule has 0 aliphatic rings. The number of aromatic nitrogens is 4. The Hall–Kier alpha value is -8.41. The van der Waals surface area contributed by atoms with E-state index in [9.17, 15) is 0 Å². The molecule has 0 bridgehead atoms. The van der Waals surface area contributed by atoms with Gasteiger partial charge in [0.05, 0.1) is 0 Å². The van der Waals surface area contributed by atoms with Crippen molar-refractivity contribution in [3.8, 4) is 78.3 Å². The monoisotopic (exact) mass is 1100 g/mol. The van der Waals surface area contributed by atoms with Crippen LogP contribution in [0.25, 0.3) is 100 Å². The van der Waals surface area contributed by atoms with Crippen LogP contribution in [-0.4, -0.2) is 20.2 Å². The van der Waals surface area contributed by atoms with E-state index >= 15 is 0 Å². The fourth-order valence-corrected chi connectivity index (χ4v) is 9.58. The molecule has 12 rings (SSSR count). The quantitative estimate of drug-likeness (QED) is 0.108. The standard InChI is InChI=1S/C66H45N4O.Ir/c1-2-12-49(13-3-1)50-32-34-51(35-33-50)60-43-54(64-44-61-59-16-6-7-19-65(59)71-66(61)70-69-64)36-37-58(60)57-15-5-4-14-56(57)55-41-47(22-20-45-24-28-52(29-25-45)62-17-8-10-38-67-62)40-48(42-55)23-21-46-26-30-53(31-27-46)63-18-9-11-39-68-63;/h1-19,24-28,30,32-35,37-44H,20-23H2;/q-3;+3. The first-order valence-electron chi connectivity index (χ1n) is 24.1. The zero-order valence-corrected chi connectivity index (χ0v) is 41.6. The van der Waals surface area contributed by atoms with Crippen molar-refractivity contribution in [3.63, 3.8) is 0 Å². The van der Waals surface area contributed by atoms with Crippen LogP contribution in [0.1, 0.15) is 22.3 Å². The molecule has 0 unspecified atom stereocenters. The van der Waals surface area contributed by atoms with Crippen molar-refractivity contribution in [2.45, 2.75) is 25.7 Å². The third-order valence-corrected chi connectivity index (χ3v) is 13.3. The molecule has 0 fully saturated rings. The Morgan fingerprint density at radius 1 is 0.347 bits per heavy atom. The average molecular weight is 1100 g/mol. The van der Waals surface area contributed by atoms with Crippen molar-refractivity contribution in [3.05, 3.63) is 265 Å². The number of benzene rings is 8. The van der Waals surface area contributed by atoms with Gasteiger partial charge in [-0.3, -0.25) is 0 Å². The molecule has 5 nitrogen and oxygen atoms in total. The van der Waals surface area contributed by atoms with Gasteiger partial charge in [0, 0.05) is 28.9 Å². The second-order valence-electron chi connectivity index (χ2n) is 17.9. The maximum absolute atomic E-state index is 6.06. The molecule has 8 aromatic carbocycles. The van der Waals surface area contributed by atoms with E-state index in [2.05, 4.69) is 196 Å². The summed E-state index contributed by atoms with van der Waals surface area (Å²) < 4.78 is 6.06. The van der Waals surface area contributed by atoms with Gasteiger partial charge in [-0.15, -0.1) is 99.6 Å². The molecule has 0 spiro atoms. The van der Waals surface area contributed by atoms with Crippen LogP contribution in [0.4, 0.5) is 0 Å². The van der Waals surface area contributed by atoms with Gasteiger partial charge in [0.15, 0.2) is 0 Å². The van der Waals surface area contributed by atoms with Crippen molar-refractivity contribution in [1.82, 2.24) is 20.2 Å². The Bertz CT molecular complexity index is 3680. The zero-order chi connectivity index (χ0) is 47.3. The average Bonchev–Trinajstić information content (AvgIpc) is 3.83. The van der Waals surface area contributed by atoms with E-state index in [0.717, 1.165) is 109 Å². The van der Waals surface area contributed by atoms with Gasteiger partial charge in [-0.2, -0.15) is 5.10 Å². The second-order valence-corrected chi connectivity index (χ2v) is 17.9. The molecule has 344 valence electrons. The summed E-state index contributed by atoms with van der Waals surface area (Å²) in [5, 5.41) is 11.2. The fraction of sp³-hybridized carbons (Fsp3) is 0.0606. The molecule has 12 aromatic rings. The van der Waals surface area contributed by atoms with E-state index in [1.165, 1.54) is 33.4 Å². The summed E-state index contributed by atoms with van der Waals surface area (Å²) in [6.45, 7) is 0. The SMILES string of the molecule is [Ir+3].[c-]1cc(CCc2cc(CCc3c[c-]c(-c4ccccn4)cc3)cc(-c3ccccc3-c3c[c-]c(-c4cc5c(nn4)oc4ccccc45)cc3-c3ccc(-c4ccccc4)cc3)c2)ccc1-c1ccccn1. The summed E-state index contributed by atoms with van der Waals surface area (Å²) >= 11 is 0. The van der Waals surface area contributed by atoms with Gasteiger partial charge in [-0.1, -0.05) is 175 Å². The Balaban J connectivity index is 0.00000560. The minimum absolute atomic E-state index is 0. The van der Waals surface area contributed by atoms with Crippen LogP contribution < -0.4 is 0 Å². The first kappa shape index (κ1) is 46.0. The Morgan fingerprint density at radius 2 is 0.917 bits per heavy atom. The molecule has 0 aliphatic heterocycles. The van der Waals surface area contributed by atoms with Crippen LogP contribution in [0.5, 0.6) is 0 Å². The van der Waals surface area contributed by atoms with Gasteiger partial charge in [0.1, 0.15) is 5.58 Å². The minimum atomic E-state index is 0. The molecular formula is C66H45IrN4O. The van der Waals surface area contributed by atoms with Crippen LogP contribution in [0.15, 0.2) is 229 Å². The van der Waals surface area contributed by atoms with E-state index in [1.807, 2.05) is 67.0 Å². The zero-order valence-electron chi connectivity index (χ0n) is 39.2. The number of hydrogen-bond donors (Lipinski definition) is 0. The molecule has 0 aliphatic carbocycles. The van der Waals surface area contributed by atoms with Crippen molar-refractivity contribution in [1.29, 1.82) is 0 Å². The van der Waals surface area contributed by atoms with Crippen LogP contribution in [0, 0.1) is 18.2 Å². The largest absolute Gasteiger partial charge is 3.00 e. The second kappa shape index (κ2) is 20.9. The smallest absolute Gasteiger partial charge is 0.436 e. The summed E-state index contributed by atoms with van der Waals surface area (Å²) in [5.74, 6) is 0. The van der Waals surface area contributed by atoms with E-state index in [-0.39, 0.29) is 20.1 Å². The maximum atomic E-state index is 6.06. The number of hydrogen-bond acceptors (Lipinski definition) is 5. The summed E-state index contributed by atoms with van der Waals surface area (Å²) in [7, 11) is 0. The number of aryl methyl sites for hydroxylation is 4. The van der Waals surface area contributed by atoms with Crippen LogP contribution in [-0.2, 0) is 45.8 Å². The van der Waals surface area contributed by atoms with Crippen LogP contribution in [0.2, 0.25) is 0 Å². The van der Waals surface area contributed by atoms with Gasteiger partial charge < -0.3 is 14.4 Å². The molecule has 0 radical (unpaired) electrons. The number of fused-ring (bicyclic) bond motifs is 3. The van der Waals surface area contributed by atoms with Crippen molar-refractivity contribution < 1.29 is 24.5 Å². The first-order chi connectivity index (χ1) is 35.1. The molecule has 4 heterocycles. The topological polar surface area (TPSA) is 64.7 Å². The Kier molecular flexibility index (Phi) is 13.4. The molecule has 0 saturated heterocycles. The Labute approximate surface area is 433 Å². The van der Waals surface area contributed by atoms with E-state index in [4.69, 9.17) is 4.42 Å². The third-order valence-electron chi connectivity index (χ3n) is 13.3. The van der Waals surface area contributed by atoms with Gasteiger partial charge in [0.25, 0.3) is 0 Å². The van der Waals surface area contributed by atoms with Gasteiger partial charge in [-0.25, -0.2) is 0 Å². The predicted molar refractivity (Wildman–Crippen MR) is 287 cm³/mol. The number of para-hydroxylation sites is 1. The molecule has 0 saturated carbocycles. The first-order valence-corrected chi connectivity index (χ1v) is 24.1. The van der Waals surface area contributed by atoms with E-state index in [0.29, 0.717) is 5.71 Å². The van der Waals surface area contributed by atoms with Crippen LogP contribution >= 0.6 is 0 Å². The molecule has 4 aromatic heterocycles. The van der Waals surface area contributed by atoms with Gasteiger partial charge >= 0.3 is 20.1 Å². The van der Waals surface area contributed by atoms with Gasteiger partial charge in [-0.05, 0) is 81.4 Å². The Morgan fingerprint density at radius 3 is 1.56 bits per heavy atom. The number of pyridine rings is 2. The number of rotatable bonds is 13. The summed E-state index contributed by atoms with van der Waals surface area (Å²) in [6, 6.07) is 85.3. The van der Waals surface area contributed by atoms with E-state index in [1.54, 1.807) is 0 Å². The molecule has 0 atom stereocenters. The van der Waals surface area contributed by atoms with Crippen molar-refractivity contribution >= 4 is 22.1 Å². The van der Waals surface area contributed by atoms with E-state index < -0.39 is 0 Å². The summed E-state index contributed by atoms with van der Waals surface area (Å²) in [6.07, 6.45) is 7.18. The molecule has 72 heavy (non-hydrogen) atoms. The molecule has 0 N–H and O–H groups in total. The number of nitrogens with zero attached hydrogens (tertiary/aromatic N) is 4. The predicted octanol–water partition coefficient (Wildman–Crippen LogP) is 15.8. The van der Waals surface area contributed by atoms with Crippen LogP contribution in [0.3, 0.4) is 0 Å². The molecule has 0 amide bonds. The normalized spacial score (nSPS) is 11.2. The third kappa shape index (κ3) is 9.84. The minimum Gasteiger partial charge on any atom is -0.436 e.